The van der Waals surface area contributed by atoms with E-state index in [1.165, 1.54) is 16.8 Å². The van der Waals surface area contributed by atoms with Gasteiger partial charge < -0.3 is 10.1 Å². The van der Waals surface area contributed by atoms with E-state index in [1.54, 1.807) is 28.6 Å². The second kappa shape index (κ2) is 8.34. The molecule has 9 heteroatoms. The van der Waals surface area contributed by atoms with Crippen LogP contribution in [0, 0.1) is 10.6 Å². The zero-order valence-electron chi connectivity index (χ0n) is 16.0. The number of amides is 1. The number of benzene rings is 2. The van der Waals surface area contributed by atoms with Gasteiger partial charge in [0.05, 0.1) is 12.8 Å². The summed E-state index contributed by atoms with van der Waals surface area (Å²) < 4.78 is 24.3. The van der Waals surface area contributed by atoms with Gasteiger partial charge >= 0.3 is 0 Å². The van der Waals surface area contributed by atoms with E-state index < -0.39 is 11.7 Å². The molecule has 0 saturated carbocycles. The van der Waals surface area contributed by atoms with Crippen LogP contribution in [0.4, 0.5) is 10.1 Å². The molecule has 0 aliphatic carbocycles. The normalized spacial score (nSPS) is 10.7. The molecule has 0 bridgehead atoms. The van der Waals surface area contributed by atoms with Gasteiger partial charge in [0.25, 0.3) is 0 Å². The van der Waals surface area contributed by atoms with Crippen LogP contribution in [-0.2, 0) is 11.3 Å². The summed E-state index contributed by atoms with van der Waals surface area (Å²) >= 11 is 5.59. The largest absolute Gasteiger partial charge is 0.497 e. The summed E-state index contributed by atoms with van der Waals surface area (Å²) in [4.78, 5) is 12.5. The van der Waals surface area contributed by atoms with Crippen molar-refractivity contribution in [2.45, 2.75) is 6.54 Å². The van der Waals surface area contributed by atoms with Crippen LogP contribution >= 0.6 is 12.2 Å². The topological polar surface area (TPSA) is 66.0 Å². The fourth-order valence-electron chi connectivity index (χ4n) is 3.00. The van der Waals surface area contributed by atoms with Crippen molar-refractivity contribution in [1.82, 2.24) is 19.1 Å². The molecule has 0 atom stereocenters. The molecule has 2 heterocycles. The van der Waals surface area contributed by atoms with Crippen molar-refractivity contribution >= 4 is 23.8 Å². The highest BCUT2D eigenvalue weighted by molar-refractivity contribution is 7.71. The van der Waals surface area contributed by atoms with Gasteiger partial charge in [-0.05, 0) is 48.6 Å². The minimum absolute atomic E-state index is 0.104. The molecular weight excluding hydrogens is 405 g/mol. The van der Waals surface area contributed by atoms with E-state index in [4.69, 9.17) is 17.0 Å². The Balaban J connectivity index is 1.72. The summed E-state index contributed by atoms with van der Waals surface area (Å²) in [6.45, 7) is -0.168. The summed E-state index contributed by atoms with van der Waals surface area (Å²) in [5.41, 5.74) is 0.870. The number of carbonyl (C=O) groups excluding carboxylic acids is 1. The molecule has 0 aliphatic heterocycles. The smallest absolute Gasteiger partial charge is 0.246 e. The van der Waals surface area contributed by atoms with Gasteiger partial charge in [0, 0.05) is 18.0 Å². The minimum Gasteiger partial charge on any atom is -0.497 e. The maximum atomic E-state index is 13.8. The molecule has 30 heavy (non-hydrogen) atoms. The van der Waals surface area contributed by atoms with E-state index in [0.29, 0.717) is 16.3 Å². The van der Waals surface area contributed by atoms with Crippen LogP contribution in [0.3, 0.4) is 0 Å². The van der Waals surface area contributed by atoms with Crippen molar-refractivity contribution in [2.24, 2.45) is 0 Å². The second-order valence-corrected chi connectivity index (χ2v) is 6.76. The molecule has 0 radical (unpaired) electrons. The Kier molecular flexibility index (Phi) is 5.44. The number of para-hydroxylation sites is 1. The molecule has 0 aliphatic rings. The Morgan fingerprint density at radius 3 is 2.63 bits per heavy atom. The highest BCUT2D eigenvalue weighted by atomic mass is 32.1. The third kappa shape index (κ3) is 3.87. The molecule has 4 rings (SSSR count). The van der Waals surface area contributed by atoms with Crippen LogP contribution < -0.4 is 10.1 Å². The molecule has 0 saturated heterocycles. The SMILES string of the molecule is COc1cccc(-c2nn(CC(=O)Nc3ccccc3F)c(=S)n2-n2cccc2)c1. The highest BCUT2D eigenvalue weighted by Crippen LogP contribution is 2.23. The summed E-state index contributed by atoms with van der Waals surface area (Å²) in [6, 6.07) is 17.1. The standard InChI is InChI=1S/C21H18FN5O2S/c1-29-16-8-6-7-15(13-16)20-24-26(21(30)27(20)25-11-4-5-12-25)14-19(28)23-18-10-3-2-9-17(18)22/h2-13H,14H2,1H3,(H,23,28). The van der Waals surface area contributed by atoms with Crippen LogP contribution in [0.15, 0.2) is 73.1 Å². The molecule has 1 amide bonds. The number of rotatable bonds is 6. The average molecular weight is 423 g/mol. The van der Waals surface area contributed by atoms with Crippen molar-refractivity contribution in [3.05, 3.63) is 83.6 Å². The number of anilines is 1. The zero-order valence-corrected chi connectivity index (χ0v) is 16.8. The number of hydrogen-bond donors (Lipinski definition) is 1. The fourth-order valence-corrected chi connectivity index (χ4v) is 3.29. The minimum atomic E-state index is -0.510. The quantitative estimate of drug-likeness (QED) is 0.477. The molecule has 4 aromatic rings. The van der Waals surface area contributed by atoms with Crippen LogP contribution in [0.1, 0.15) is 0 Å². The van der Waals surface area contributed by atoms with Gasteiger partial charge in [0.1, 0.15) is 18.1 Å². The predicted octanol–water partition coefficient (Wildman–Crippen LogP) is 3.98. The fraction of sp³-hybridized carbons (Fsp3) is 0.0952. The van der Waals surface area contributed by atoms with E-state index in [-0.39, 0.29) is 12.2 Å². The van der Waals surface area contributed by atoms with Crippen LogP contribution in [0.25, 0.3) is 11.4 Å². The van der Waals surface area contributed by atoms with Crippen molar-refractivity contribution in [3.63, 3.8) is 0 Å². The number of nitrogens with one attached hydrogen (secondary N) is 1. The lowest BCUT2D eigenvalue weighted by Gasteiger charge is -2.08. The van der Waals surface area contributed by atoms with E-state index in [9.17, 15) is 9.18 Å². The Bertz CT molecular complexity index is 1250. The predicted molar refractivity (Wildman–Crippen MR) is 113 cm³/mol. The lowest BCUT2D eigenvalue weighted by atomic mass is 10.2. The van der Waals surface area contributed by atoms with Gasteiger partial charge in [-0.3, -0.25) is 9.47 Å². The molecule has 1 N–H and O–H groups in total. The third-order valence-corrected chi connectivity index (χ3v) is 4.79. The summed E-state index contributed by atoms with van der Waals surface area (Å²) in [6.07, 6.45) is 3.65. The first kappa shape index (κ1) is 19.6. The van der Waals surface area contributed by atoms with E-state index >= 15 is 0 Å². The number of aromatic nitrogens is 4. The van der Waals surface area contributed by atoms with Gasteiger partial charge in [0.2, 0.25) is 10.7 Å². The first-order valence-electron chi connectivity index (χ1n) is 9.09. The third-order valence-electron chi connectivity index (χ3n) is 4.41. The molecular formula is C21H18FN5O2S. The molecule has 0 spiro atoms. The number of methoxy groups -OCH3 is 1. The summed E-state index contributed by atoms with van der Waals surface area (Å²) in [5, 5.41) is 7.11. The van der Waals surface area contributed by atoms with Crippen LogP contribution in [0.5, 0.6) is 5.75 Å². The van der Waals surface area contributed by atoms with Crippen LogP contribution in [0.2, 0.25) is 0 Å². The molecule has 0 fully saturated rings. The van der Waals surface area contributed by atoms with Gasteiger partial charge in [-0.1, -0.05) is 24.3 Å². The summed E-state index contributed by atoms with van der Waals surface area (Å²) in [7, 11) is 1.59. The molecule has 0 unspecified atom stereocenters. The second-order valence-electron chi connectivity index (χ2n) is 6.40. The lowest BCUT2D eigenvalue weighted by molar-refractivity contribution is -0.117. The lowest BCUT2D eigenvalue weighted by Crippen LogP contribution is -2.20. The van der Waals surface area contributed by atoms with Gasteiger partial charge in [0.15, 0.2) is 5.82 Å². The monoisotopic (exact) mass is 423 g/mol. The number of ether oxygens (including phenoxy) is 1. The maximum absolute atomic E-state index is 13.8. The number of nitrogens with zero attached hydrogens (tertiary/aromatic N) is 4. The van der Waals surface area contributed by atoms with E-state index in [2.05, 4.69) is 10.4 Å². The van der Waals surface area contributed by atoms with E-state index in [0.717, 1.165) is 5.56 Å². The summed E-state index contributed by atoms with van der Waals surface area (Å²) in [5.74, 6) is 0.257. The Hall–Kier alpha value is -3.72. The van der Waals surface area contributed by atoms with Crippen molar-refractivity contribution < 1.29 is 13.9 Å². The Labute approximate surface area is 176 Å². The molecule has 7 nitrogen and oxygen atoms in total. The Morgan fingerprint density at radius 2 is 1.90 bits per heavy atom. The van der Waals surface area contributed by atoms with Gasteiger partial charge in [-0.25, -0.2) is 13.7 Å². The zero-order chi connectivity index (χ0) is 21.1. The first-order chi connectivity index (χ1) is 14.6. The van der Waals surface area contributed by atoms with E-state index in [1.807, 2.05) is 48.8 Å². The molecule has 2 aromatic carbocycles. The van der Waals surface area contributed by atoms with Gasteiger partial charge in [-0.2, -0.15) is 0 Å². The number of carbonyl (C=O) groups is 1. The highest BCUT2D eigenvalue weighted by Gasteiger charge is 2.17. The Morgan fingerprint density at radius 1 is 1.13 bits per heavy atom. The van der Waals surface area contributed by atoms with Crippen molar-refractivity contribution in [1.29, 1.82) is 0 Å². The number of halogens is 1. The van der Waals surface area contributed by atoms with Crippen molar-refractivity contribution in [3.8, 4) is 17.1 Å². The van der Waals surface area contributed by atoms with Crippen LogP contribution in [-0.4, -0.2) is 32.1 Å². The maximum Gasteiger partial charge on any atom is 0.246 e. The molecule has 2 aromatic heterocycles. The average Bonchev–Trinajstić information content (AvgIpc) is 3.38. The molecule has 152 valence electrons. The first-order valence-corrected chi connectivity index (χ1v) is 9.50. The number of hydrogen-bond acceptors (Lipinski definition) is 4. The van der Waals surface area contributed by atoms with Crippen molar-refractivity contribution in [2.75, 3.05) is 12.4 Å². The van der Waals surface area contributed by atoms with Gasteiger partial charge in [-0.15, -0.1) is 5.10 Å².